The predicted octanol–water partition coefficient (Wildman–Crippen LogP) is 3.07. The summed E-state index contributed by atoms with van der Waals surface area (Å²) < 4.78 is 5.43. The number of hydrogen-bond donors (Lipinski definition) is 1. The molecule has 1 N–H and O–H groups in total. The maximum Gasteiger partial charge on any atom is 0.0468 e. The summed E-state index contributed by atoms with van der Waals surface area (Å²) in [4.78, 5) is 0. The summed E-state index contributed by atoms with van der Waals surface area (Å²) in [6.07, 6.45) is 3.74. The molecule has 1 aliphatic rings. The van der Waals surface area contributed by atoms with Gasteiger partial charge in [-0.15, -0.1) is 0 Å². The first-order valence-electron chi connectivity index (χ1n) is 6.84. The van der Waals surface area contributed by atoms with Crippen LogP contribution in [0.5, 0.6) is 0 Å². The Kier molecular flexibility index (Phi) is 5.77. The van der Waals surface area contributed by atoms with Crippen molar-refractivity contribution in [2.45, 2.75) is 47.0 Å². The Morgan fingerprint density at radius 2 is 1.94 bits per heavy atom. The summed E-state index contributed by atoms with van der Waals surface area (Å²) in [6.45, 7) is 13.6. The maximum atomic E-state index is 5.43. The number of hydrogen-bond acceptors (Lipinski definition) is 2. The third-order valence-corrected chi connectivity index (χ3v) is 4.10. The molecule has 0 bridgehead atoms. The molecule has 16 heavy (non-hydrogen) atoms. The molecule has 0 aromatic rings. The molecule has 0 aromatic heterocycles. The molecule has 0 aliphatic carbocycles. The van der Waals surface area contributed by atoms with Crippen LogP contribution in [0.15, 0.2) is 0 Å². The molecule has 0 aromatic carbocycles. The van der Waals surface area contributed by atoms with Crippen molar-refractivity contribution in [3.05, 3.63) is 0 Å². The molecule has 1 heterocycles. The smallest absolute Gasteiger partial charge is 0.0468 e. The standard InChI is InChI=1S/C14H29NO/c1-5-12(2)10-15-11-14(3,4)13-6-8-16-9-7-13/h12-13,15H,5-11H2,1-4H3. The minimum Gasteiger partial charge on any atom is -0.381 e. The fraction of sp³-hybridized carbons (Fsp3) is 1.00. The topological polar surface area (TPSA) is 21.3 Å². The fourth-order valence-corrected chi connectivity index (χ4v) is 2.41. The van der Waals surface area contributed by atoms with Crippen LogP contribution in [0.4, 0.5) is 0 Å². The minimum absolute atomic E-state index is 0.414. The molecule has 1 atom stereocenters. The molecule has 1 aliphatic heterocycles. The van der Waals surface area contributed by atoms with Crippen molar-refractivity contribution in [1.82, 2.24) is 5.32 Å². The number of ether oxygens (including phenoxy) is 1. The van der Waals surface area contributed by atoms with Crippen LogP contribution in [0.25, 0.3) is 0 Å². The van der Waals surface area contributed by atoms with E-state index in [1.54, 1.807) is 0 Å². The SMILES string of the molecule is CCC(C)CNCC(C)(C)C1CCOCC1. The summed E-state index contributed by atoms with van der Waals surface area (Å²) in [5, 5.41) is 3.63. The van der Waals surface area contributed by atoms with E-state index in [-0.39, 0.29) is 0 Å². The van der Waals surface area contributed by atoms with E-state index in [1.165, 1.54) is 19.3 Å². The Hall–Kier alpha value is -0.0800. The number of rotatable bonds is 6. The molecular weight excluding hydrogens is 198 g/mol. The van der Waals surface area contributed by atoms with E-state index < -0.39 is 0 Å². The molecule has 96 valence electrons. The van der Waals surface area contributed by atoms with Gasteiger partial charge >= 0.3 is 0 Å². The van der Waals surface area contributed by atoms with E-state index in [2.05, 4.69) is 33.0 Å². The summed E-state index contributed by atoms with van der Waals surface area (Å²) in [5.41, 5.74) is 0.414. The van der Waals surface area contributed by atoms with Gasteiger partial charge in [-0.2, -0.15) is 0 Å². The van der Waals surface area contributed by atoms with Crippen molar-refractivity contribution >= 4 is 0 Å². The Morgan fingerprint density at radius 1 is 1.31 bits per heavy atom. The zero-order valence-electron chi connectivity index (χ0n) is 11.5. The van der Waals surface area contributed by atoms with Gasteiger partial charge in [-0.25, -0.2) is 0 Å². The molecular formula is C14H29NO. The van der Waals surface area contributed by atoms with Gasteiger partial charge in [0.15, 0.2) is 0 Å². The van der Waals surface area contributed by atoms with Crippen LogP contribution < -0.4 is 5.32 Å². The summed E-state index contributed by atoms with van der Waals surface area (Å²) >= 11 is 0. The lowest BCUT2D eigenvalue weighted by Gasteiger charge is -2.37. The quantitative estimate of drug-likeness (QED) is 0.753. The van der Waals surface area contributed by atoms with Crippen LogP contribution in [-0.4, -0.2) is 26.3 Å². The first kappa shape index (κ1) is 14.0. The molecule has 2 nitrogen and oxygen atoms in total. The maximum absolute atomic E-state index is 5.43. The van der Waals surface area contributed by atoms with Gasteiger partial charge < -0.3 is 10.1 Å². The van der Waals surface area contributed by atoms with E-state index in [0.29, 0.717) is 5.41 Å². The molecule has 1 fully saturated rings. The Morgan fingerprint density at radius 3 is 2.50 bits per heavy atom. The van der Waals surface area contributed by atoms with Crippen molar-refractivity contribution in [2.75, 3.05) is 26.3 Å². The fourth-order valence-electron chi connectivity index (χ4n) is 2.41. The molecule has 0 radical (unpaired) electrons. The molecule has 1 saturated heterocycles. The van der Waals surface area contributed by atoms with E-state index >= 15 is 0 Å². The van der Waals surface area contributed by atoms with Crippen molar-refractivity contribution in [3.63, 3.8) is 0 Å². The van der Waals surface area contributed by atoms with Crippen LogP contribution in [-0.2, 0) is 4.74 Å². The van der Waals surface area contributed by atoms with Crippen LogP contribution in [0.2, 0.25) is 0 Å². The number of nitrogens with one attached hydrogen (secondary N) is 1. The lowest BCUT2D eigenvalue weighted by molar-refractivity contribution is 0.0226. The van der Waals surface area contributed by atoms with Gasteiger partial charge in [0.25, 0.3) is 0 Å². The minimum atomic E-state index is 0.414. The van der Waals surface area contributed by atoms with Gasteiger partial charge in [0, 0.05) is 19.8 Å². The van der Waals surface area contributed by atoms with Gasteiger partial charge in [-0.3, -0.25) is 0 Å². The highest BCUT2D eigenvalue weighted by Crippen LogP contribution is 2.33. The van der Waals surface area contributed by atoms with Gasteiger partial charge in [0.1, 0.15) is 0 Å². The van der Waals surface area contributed by atoms with E-state index in [0.717, 1.165) is 38.1 Å². The highest BCUT2D eigenvalue weighted by atomic mass is 16.5. The lowest BCUT2D eigenvalue weighted by Crippen LogP contribution is -2.39. The first-order chi connectivity index (χ1) is 7.56. The normalized spacial score (nSPS) is 21.0. The van der Waals surface area contributed by atoms with Crippen LogP contribution in [0.3, 0.4) is 0 Å². The zero-order chi connectivity index (χ0) is 12.0. The van der Waals surface area contributed by atoms with E-state index in [4.69, 9.17) is 4.74 Å². The molecule has 1 unspecified atom stereocenters. The van der Waals surface area contributed by atoms with Gasteiger partial charge in [0.2, 0.25) is 0 Å². The predicted molar refractivity (Wildman–Crippen MR) is 69.6 cm³/mol. The Bertz CT molecular complexity index is 185. The van der Waals surface area contributed by atoms with Crippen LogP contribution in [0.1, 0.15) is 47.0 Å². The van der Waals surface area contributed by atoms with Crippen molar-refractivity contribution in [2.24, 2.45) is 17.3 Å². The highest BCUT2D eigenvalue weighted by Gasteiger charge is 2.30. The molecule has 2 heteroatoms. The van der Waals surface area contributed by atoms with Crippen molar-refractivity contribution < 1.29 is 4.74 Å². The summed E-state index contributed by atoms with van der Waals surface area (Å²) in [6, 6.07) is 0. The zero-order valence-corrected chi connectivity index (χ0v) is 11.5. The van der Waals surface area contributed by atoms with Crippen LogP contribution in [0, 0.1) is 17.3 Å². The second-order valence-corrected chi connectivity index (χ2v) is 6.02. The average molecular weight is 227 g/mol. The Balaban J connectivity index is 2.26. The largest absolute Gasteiger partial charge is 0.381 e. The Labute approximate surface area is 101 Å². The summed E-state index contributed by atoms with van der Waals surface area (Å²) in [5.74, 6) is 1.62. The lowest BCUT2D eigenvalue weighted by atomic mass is 9.74. The second kappa shape index (κ2) is 6.61. The molecule has 0 amide bonds. The molecule has 0 spiro atoms. The molecule has 0 saturated carbocycles. The third kappa shape index (κ3) is 4.42. The van der Waals surface area contributed by atoms with Gasteiger partial charge in [-0.05, 0) is 36.6 Å². The molecule has 1 rings (SSSR count). The summed E-state index contributed by atoms with van der Waals surface area (Å²) in [7, 11) is 0. The van der Waals surface area contributed by atoms with Crippen molar-refractivity contribution in [3.8, 4) is 0 Å². The third-order valence-electron chi connectivity index (χ3n) is 4.10. The van der Waals surface area contributed by atoms with E-state index in [9.17, 15) is 0 Å². The van der Waals surface area contributed by atoms with Gasteiger partial charge in [-0.1, -0.05) is 34.1 Å². The average Bonchev–Trinajstić information content (AvgIpc) is 2.30. The first-order valence-corrected chi connectivity index (χ1v) is 6.84. The highest BCUT2D eigenvalue weighted by molar-refractivity contribution is 4.82. The van der Waals surface area contributed by atoms with Gasteiger partial charge in [0.05, 0.1) is 0 Å². The monoisotopic (exact) mass is 227 g/mol. The van der Waals surface area contributed by atoms with Crippen molar-refractivity contribution in [1.29, 1.82) is 0 Å². The van der Waals surface area contributed by atoms with Crippen LogP contribution >= 0.6 is 0 Å². The second-order valence-electron chi connectivity index (χ2n) is 6.02. The van der Waals surface area contributed by atoms with E-state index in [1.807, 2.05) is 0 Å².